The number of hydrogen-bond acceptors (Lipinski definition) is 4. The van der Waals surface area contributed by atoms with E-state index in [2.05, 4.69) is 10.3 Å². The predicted octanol–water partition coefficient (Wildman–Crippen LogP) is 2.70. The van der Waals surface area contributed by atoms with E-state index in [4.69, 9.17) is 4.74 Å². The van der Waals surface area contributed by atoms with E-state index >= 15 is 0 Å². The van der Waals surface area contributed by atoms with Crippen LogP contribution >= 0.6 is 11.3 Å². The molecule has 0 bridgehead atoms. The van der Waals surface area contributed by atoms with Crippen LogP contribution in [-0.4, -0.2) is 18.0 Å². The van der Waals surface area contributed by atoms with Crippen molar-refractivity contribution in [3.8, 4) is 5.75 Å². The van der Waals surface area contributed by atoms with Gasteiger partial charge in [0.15, 0.2) is 0 Å². The molecule has 2 rings (SSSR count). The number of thiazole rings is 1. The van der Waals surface area contributed by atoms with Crippen LogP contribution < -0.4 is 10.1 Å². The van der Waals surface area contributed by atoms with E-state index in [9.17, 15) is 4.79 Å². The third kappa shape index (κ3) is 3.12. The molecule has 0 atom stereocenters. The van der Waals surface area contributed by atoms with E-state index in [1.165, 1.54) is 11.3 Å². The van der Waals surface area contributed by atoms with Crippen LogP contribution in [0.15, 0.2) is 24.3 Å². The van der Waals surface area contributed by atoms with Crippen molar-refractivity contribution in [2.24, 2.45) is 0 Å². The Morgan fingerprint density at radius 1 is 1.37 bits per heavy atom. The zero-order chi connectivity index (χ0) is 13.8. The van der Waals surface area contributed by atoms with Crippen LogP contribution in [0.5, 0.6) is 5.75 Å². The average Bonchev–Trinajstić information content (AvgIpc) is 2.75. The molecule has 0 unspecified atom stereocenters. The summed E-state index contributed by atoms with van der Waals surface area (Å²) in [4.78, 5) is 17.2. The van der Waals surface area contributed by atoms with Gasteiger partial charge in [-0.2, -0.15) is 0 Å². The van der Waals surface area contributed by atoms with Crippen LogP contribution in [0, 0.1) is 13.8 Å². The van der Waals surface area contributed by atoms with E-state index in [0.29, 0.717) is 12.2 Å². The van der Waals surface area contributed by atoms with Crippen LogP contribution in [0.3, 0.4) is 0 Å². The highest BCUT2D eigenvalue weighted by Crippen LogP contribution is 2.18. The van der Waals surface area contributed by atoms with Crippen LogP contribution in [0.1, 0.15) is 25.9 Å². The van der Waals surface area contributed by atoms with Crippen LogP contribution in [0.25, 0.3) is 0 Å². The normalized spacial score (nSPS) is 10.3. The lowest BCUT2D eigenvalue weighted by Gasteiger charge is -2.08. The monoisotopic (exact) mass is 276 g/mol. The van der Waals surface area contributed by atoms with Gasteiger partial charge in [0.25, 0.3) is 5.91 Å². The number of amides is 1. The number of aromatic nitrogens is 1. The number of methoxy groups -OCH3 is 1. The Hall–Kier alpha value is -1.88. The van der Waals surface area contributed by atoms with Crippen LogP contribution in [0.2, 0.25) is 0 Å². The molecule has 0 aliphatic carbocycles. The lowest BCUT2D eigenvalue weighted by molar-refractivity contribution is 0.0945. The molecule has 0 aliphatic heterocycles. The van der Waals surface area contributed by atoms with Gasteiger partial charge in [0, 0.05) is 17.0 Å². The van der Waals surface area contributed by atoms with Gasteiger partial charge in [0.05, 0.1) is 12.1 Å². The molecule has 100 valence electrons. The lowest BCUT2D eigenvalue weighted by atomic mass is 10.2. The molecule has 0 fully saturated rings. The standard InChI is InChI=1S/C14H16N2O2S/c1-9-13(16-10(2)19-9)14(17)15-8-11-6-4-5-7-12(11)18-3/h4-7H,8H2,1-3H3,(H,15,17). The van der Waals surface area contributed by atoms with Crippen molar-refractivity contribution in [2.45, 2.75) is 20.4 Å². The van der Waals surface area contributed by atoms with E-state index in [1.54, 1.807) is 7.11 Å². The van der Waals surface area contributed by atoms with Crippen molar-refractivity contribution in [1.82, 2.24) is 10.3 Å². The smallest absolute Gasteiger partial charge is 0.271 e. The number of rotatable bonds is 4. The highest BCUT2D eigenvalue weighted by molar-refractivity contribution is 7.11. The molecular weight excluding hydrogens is 260 g/mol. The summed E-state index contributed by atoms with van der Waals surface area (Å²) in [5.41, 5.74) is 1.46. The van der Waals surface area contributed by atoms with Gasteiger partial charge in [-0.05, 0) is 19.9 Å². The van der Waals surface area contributed by atoms with Crippen molar-refractivity contribution in [2.75, 3.05) is 7.11 Å². The number of nitrogens with one attached hydrogen (secondary N) is 1. The molecule has 1 aromatic heterocycles. The van der Waals surface area contributed by atoms with E-state index < -0.39 is 0 Å². The fourth-order valence-electron chi connectivity index (χ4n) is 1.85. The fourth-order valence-corrected chi connectivity index (χ4v) is 2.66. The number of aryl methyl sites for hydroxylation is 2. The van der Waals surface area contributed by atoms with Crippen molar-refractivity contribution >= 4 is 17.2 Å². The molecule has 4 nitrogen and oxygen atoms in total. The molecule has 5 heteroatoms. The minimum Gasteiger partial charge on any atom is -0.496 e. The Bertz CT molecular complexity index is 593. The van der Waals surface area contributed by atoms with Gasteiger partial charge in [0.1, 0.15) is 11.4 Å². The van der Waals surface area contributed by atoms with Gasteiger partial charge in [0.2, 0.25) is 0 Å². The van der Waals surface area contributed by atoms with Gasteiger partial charge >= 0.3 is 0 Å². The van der Waals surface area contributed by atoms with Gasteiger partial charge in [-0.15, -0.1) is 11.3 Å². The molecule has 0 spiro atoms. The third-order valence-electron chi connectivity index (χ3n) is 2.75. The molecule has 1 aromatic carbocycles. The first-order chi connectivity index (χ1) is 9.11. The SMILES string of the molecule is COc1ccccc1CNC(=O)c1nc(C)sc1C. The first kappa shape index (κ1) is 13.5. The Morgan fingerprint density at radius 3 is 2.74 bits per heavy atom. The molecule has 2 aromatic rings. The molecule has 0 radical (unpaired) electrons. The number of para-hydroxylation sites is 1. The van der Waals surface area contributed by atoms with Crippen LogP contribution in [-0.2, 0) is 6.54 Å². The number of ether oxygens (including phenoxy) is 1. The van der Waals surface area contributed by atoms with E-state index in [0.717, 1.165) is 21.2 Å². The molecule has 19 heavy (non-hydrogen) atoms. The topological polar surface area (TPSA) is 51.2 Å². The number of carbonyl (C=O) groups excluding carboxylic acids is 1. The minimum absolute atomic E-state index is 0.146. The Morgan fingerprint density at radius 2 is 2.11 bits per heavy atom. The van der Waals surface area contributed by atoms with Crippen molar-refractivity contribution in [3.05, 3.63) is 45.4 Å². The maximum Gasteiger partial charge on any atom is 0.271 e. The number of carbonyl (C=O) groups is 1. The fraction of sp³-hybridized carbons (Fsp3) is 0.286. The third-order valence-corrected chi connectivity index (χ3v) is 3.64. The molecule has 0 saturated carbocycles. The van der Waals surface area contributed by atoms with Crippen molar-refractivity contribution in [1.29, 1.82) is 0 Å². The zero-order valence-electron chi connectivity index (χ0n) is 11.2. The number of hydrogen-bond donors (Lipinski definition) is 1. The Labute approximate surface area is 116 Å². The maximum atomic E-state index is 12.0. The molecule has 1 heterocycles. The summed E-state index contributed by atoms with van der Waals surface area (Å²) in [6.07, 6.45) is 0. The Kier molecular flexibility index (Phi) is 4.16. The van der Waals surface area contributed by atoms with Gasteiger partial charge < -0.3 is 10.1 Å². The van der Waals surface area contributed by atoms with Gasteiger partial charge in [-0.25, -0.2) is 4.98 Å². The first-order valence-corrected chi connectivity index (χ1v) is 6.77. The van der Waals surface area contributed by atoms with Crippen molar-refractivity contribution in [3.63, 3.8) is 0 Å². The molecule has 0 aliphatic rings. The quantitative estimate of drug-likeness (QED) is 0.934. The van der Waals surface area contributed by atoms with Crippen molar-refractivity contribution < 1.29 is 9.53 Å². The summed E-state index contributed by atoms with van der Waals surface area (Å²) in [5, 5.41) is 3.77. The molecule has 1 N–H and O–H groups in total. The molecular formula is C14H16N2O2S. The summed E-state index contributed by atoms with van der Waals surface area (Å²) in [7, 11) is 1.62. The molecule has 0 saturated heterocycles. The highest BCUT2D eigenvalue weighted by atomic mass is 32.1. The Balaban J connectivity index is 2.06. The van der Waals surface area contributed by atoms with E-state index in [1.807, 2.05) is 38.1 Å². The van der Waals surface area contributed by atoms with E-state index in [-0.39, 0.29) is 5.91 Å². The summed E-state index contributed by atoms with van der Waals surface area (Å²) >= 11 is 1.53. The summed E-state index contributed by atoms with van der Waals surface area (Å²) in [6.45, 7) is 4.23. The minimum atomic E-state index is -0.146. The maximum absolute atomic E-state index is 12.0. The zero-order valence-corrected chi connectivity index (χ0v) is 12.0. The summed E-state index contributed by atoms with van der Waals surface area (Å²) in [5.74, 6) is 0.627. The number of nitrogens with zero attached hydrogens (tertiary/aromatic N) is 1. The second kappa shape index (κ2) is 5.84. The predicted molar refractivity (Wildman–Crippen MR) is 75.8 cm³/mol. The summed E-state index contributed by atoms with van der Waals surface area (Å²) < 4.78 is 5.25. The van der Waals surface area contributed by atoms with Gasteiger partial charge in [-0.1, -0.05) is 18.2 Å². The summed E-state index contributed by atoms with van der Waals surface area (Å²) in [6, 6.07) is 7.62. The second-order valence-corrected chi connectivity index (χ2v) is 5.54. The van der Waals surface area contributed by atoms with Crippen LogP contribution in [0.4, 0.5) is 0 Å². The highest BCUT2D eigenvalue weighted by Gasteiger charge is 2.14. The van der Waals surface area contributed by atoms with Gasteiger partial charge in [-0.3, -0.25) is 4.79 Å². The largest absolute Gasteiger partial charge is 0.496 e. The first-order valence-electron chi connectivity index (χ1n) is 5.96. The number of benzene rings is 1. The molecule has 1 amide bonds. The average molecular weight is 276 g/mol. The lowest BCUT2D eigenvalue weighted by Crippen LogP contribution is -2.24. The second-order valence-electron chi connectivity index (χ2n) is 4.13.